The van der Waals surface area contributed by atoms with Crippen molar-refractivity contribution in [2.75, 3.05) is 12.4 Å². The number of amides is 1. The fourth-order valence-electron chi connectivity index (χ4n) is 4.26. The Morgan fingerprint density at radius 2 is 1.97 bits per heavy atom. The summed E-state index contributed by atoms with van der Waals surface area (Å²) in [4.78, 5) is 19.4. The summed E-state index contributed by atoms with van der Waals surface area (Å²) in [5, 5.41) is 13.6. The van der Waals surface area contributed by atoms with Crippen LogP contribution in [0.25, 0.3) is 0 Å². The van der Waals surface area contributed by atoms with Crippen molar-refractivity contribution in [2.45, 2.75) is 40.0 Å². The van der Waals surface area contributed by atoms with Crippen LogP contribution in [0.15, 0.2) is 53.5 Å². The molecule has 0 aliphatic heterocycles. The lowest BCUT2D eigenvalue weighted by Gasteiger charge is -2.33. The molecule has 0 fully saturated rings. The van der Waals surface area contributed by atoms with Gasteiger partial charge >= 0.3 is 0 Å². The van der Waals surface area contributed by atoms with Gasteiger partial charge in [0, 0.05) is 16.8 Å². The zero-order valence-corrected chi connectivity index (χ0v) is 20.3. The molecule has 1 amide bonds. The molecule has 0 bridgehead atoms. The van der Waals surface area contributed by atoms with Crippen molar-refractivity contribution in [1.82, 2.24) is 0 Å². The van der Waals surface area contributed by atoms with Crippen molar-refractivity contribution in [2.24, 2.45) is 16.3 Å². The van der Waals surface area contributed by atoms with Crippen LogP contribution in [-0.4, -0.2) is 24.3 Å². The summed E-state index contributed by atoms with van der Waals surface area (Å²) in [7, 11) is 1.51. The molecule has 0 radical (unpaired) electrons. The Labute approximate surface area is 199 Å². The second-order valence-electron chi connectivity index (χ2n) is 9.50. The minimum Gasteiger partial charge on any atom is -0.504 e. The van der Waals surface area contributed by atoms with Gasteiger partial charge in [0.05, 0.1) is 12.7 Å². The van der Waals surface area contributed by atoms with Crippen molar-refractivity contribution in [3.8, 4) is 11.5 Å². The van der Waals surface area contributed by atoms with Gasteiger partial charge in [-0.05, 0) is 72.1 Å². The van der Waals surface area contributed by atoms with E-state index in [1.165, 1.54) is 12.0 Å². The van der Waals surface area contributed by atoms with Crippen LogP contribution in [0.5, 0.6) is 11.5 Å². The minimum absolute atomic E-state index is 0.0809. The minimum atomic E-state index is -0.122. The van der Waals surface area contributed by atoms with E-state index < -0.39 is 0 Å². The van der Waals surface area contributed by atoms with E-state index >= 15 is 0 Å². The lowest BCUT2D eigenvalue weighted by atomic mass is 9.72. The van der Waals surface area contributed by atoms with E-state index in [0.29, 0.717) is 17.2 Å². The summed E-state index contributed by atoms with van der Waals surface area (Å²) in [5.41, 5.74) is 3.58. The maximum atomic E-state index is 13.4. The first-order valence-electron chi connectivity index (χ1n) is 11.2. The molecule has 6 heteroatoms. The van der Waals surface area contributed by atoms with Gasteiger partial charge in [0.25, 0.3) is 5.91 Å². The Morgan fingerprint density at radius 1 is 1.21 bits per heavy atom. The van der Waals surface area contributed by atoms with Gasteiger partial charge in [0.2, 0.25) is 0 Å². The Balaban J connectivity index is 1.71. The summed E-state index contributed by atoms with van der Waals surface area (Å²) in [6.07, 6.45) is 4.64. The first-order chi connectivity index (χ1) is 15.8. The maximum absolute atomic E-state index is 13.4. The fraction of sp³-hybridized carbons (Fsp3) is 0.333. The number of benzene rings is 2. The molecule has 1 heterocycles. The third-order valence-corrected chi connectivity index (χ3v) is 7.43. The number of phenols is 1. The molecule has 2 aromatic carbocycles. The molecule has 33 heavy (non-hydrogen) atoms. The van der Waals surface area contributed by atoms with Crippen LogP contribution in [0.3, 0.4) is 0 Å². The van der Waals surface area contributed by atoms with Crippen LogP contribution in [0.4, 0.5) is 10.7 Å². The Morgan fingerprint density at radius 3 is 2.67 bits per heavy atom. The predicted octanol–water partition coefficient (Wildman–Crippen LogP) is 6.62. The number of methoxy groups -OCH3 is 1. The summed E-state index contributed by atoms with van der Waals surface area (Å²) >= 11 is 1.61. The van der Waals surface area contributed by atoms with Gasteiger partial charge < -0.3 is 15.2 Å². The van der Waals surface area contributed by atoms with Gasteiger partial charge in [0.1, 0.15) is 5.00 Å². The maximum Gasteiger partial charge on any atom is 0.259 e. The molecule has 1 aliphatic rings. The molecule has 0 spiro atoms. The molecule has 4 rings (SSSR count). The number of carbonyl (C=O) groups is 1. The molecule has 0 unspecified atom stereocenters. The number of anilines is 1. The highest BCUT2D eigenvalue weighted by atomic mass is 32.1. The van der Waals surface area contributed by atoms with Gasteiger partial charge in [-0.3, -0.25) is 4.79 Å². The Hall–Kier alpha value is -3.12. The zero-order chi connectivity index (χ0) is 23.6. The number of carbonyl (C=O) groups excluding carboxylic acids is 1. The number of nitrogens with zero attached hydrogens (tertiary/aromatic N) is 1. The van der Waals surface area contributed by atoms with E-state index in [0.717, 1.165) is 41.1 Å². The van der Waals surface area contributed by atoms with E-state index in [4.69, 9.17) is 9.73 Å². The second-order valence-corrected chi connectivity index (χ2v) is 10.6. The molecule has 1 aliphatic carbocycles. The van der Waals surface area contributed by atoms with E-state index in [1.807, 2.05) is 30.3 Å². The Kier molecular flexibility index (Phi) is 6.56. The highest BCUT2D eigenvalue weighted by Crippen LogP contribution is 2.45. The van der Waals surface area contributed by atoms with Gasteiger partial charge in [0.15, 0.2) is 11.5 Å². The molecule has 172 valence electrons. The molecular formula is C27H30N2O3S. The number of aromatic hydroxyl groups is 1. The number of ether oxygens (including phenoxy) is 1. The highest BCUT2D eigenvalue weighted by molar-refractivity contribution is 7.16. The van der Waals surface area contributed by atoms with Crippen molar-refractivity contribution in [3.63, 3.8) is 0 Å². The highest BCUT2D eigenvalue weighted by Gasteiger charge is 2.33. The van der Waals surface area contributed by atoms with Gasteiger partial charge in [-0.2, -0.15) is 0 Å². The SMILES string of the molecule is COc1cc(C=Nc2sc3c(c2C(=O)Nc2ccccc2)CC[C@H](C(C)(C)C)C3)ccc1O. The third kappa shape index (κ3) is 5.11. The number of hydrogen-bond acceptors (Lipinski definition) is 5. The number of fused-ring (bicyclic) bond motifs is 1. The summed E-state index contributed by atoms with van der Waals surface area (Å²) in [5.74, 6) is 0.923. The van der Waals surface area contributed by atoms with E-state index in [9.17, 15) is 9.90 Å². The molecule has 3 aromatic rings. The van der Waals surface area contributed by atoms with E-state index in [1.54, 1.807) is 35.8 Å². The smallest absolute Gasteiger partial charge is 0.259 e. The van der Waals surface area contributed by atoms with Crippen molar-refractivity contribution >= 4 is 34.1 Å². The zero-order valence-electron chi connectivity index (χ0n) is 19.5. The van der Waals surface area contributed by atoms with Crippen LogP contribution in [-0.2, 0) is 12.8 Å². The molecular weight excluding hydrogens is 432 g/mol. The first-order valence-corrected chi connectivity index (χ1v) is 12.0. The van der Waals surface area contributed by atoms with Crippen molar-refractivity contribution in [3.05, 3.63) is 70.1 Å². The average Bonchev–Trinajstić information content (AvgIpc) is 3.16. The molecule has 1 aromatic heterocycles. The number of rotatable bonds is 5. The molecule has 2 N–H and O–H groups in total. The summed E-state index contributed by atoms with van der Waals surface area (Å²) in [6.45, 7) is 6.86. The number of aliphatic imine (C=N–C) groups is 1. The number of nitrogens with one attached hydrogen (secondary N) is 1. The van der Waals surface area contributed by atoms with Gasteiger partial charge in [-0.25, -0.2) is 4.99 Å². The van der Waals surface area contributed by atoms with Gasteiger partial charge in [-0.15, -0.1) is 11.3 Å². The first kappa shape index (κ1) is 23.1. The van der Waals surface area contributed by atoms with Crippen LogP contribution in [0.1, 0.15) is 53.6 Å². The van der Waals surface area contributed by atoms with E-state index in [-0.39, 0.29) is 17.1 Å². The lowest BCUT2D eigenvalue weighted by molar-refractivity contribution is 0.102. The van der Waals surface area contributed by atoms with Crippen molar-refractivity contribution < 1.29 is 14.6 Å². The largest absolute Gasteiger partial charge is 0.504 e. The van der Waals surface area contributed by atoms with Crippen LogP contribution in [0, 0.1) is 11.3 Å². The molecule has 1 atom stereocenters. The van der Waals surface area contributed by atoms with E-state index in [2.05, 4.69) is 26.1 Å². The monoisotopic (exact) mass is 462 g/mol. The summed E-state index contributed by atoms with van der Waals surface area (Å²) in [6, 6.07) is 14.6. The second kappa shape index (κ2) is 9.40. The number of hydrogen-bond donors (Lipinski definition) is 2. The standard InChI is InChI=1S/C27H30N2O3S/c1-27(2,3)18-11-12-20-23(15-18)33-26(24(20)25(31)29-19-8-6-5-7-9-19)28-16-17-10-13-21(30)22(14-17)32-4/h5-10,13-14,16,18,30H,11-12,15H2,1-4H3,(H,29,31)/t18-/m0/s1. The average molecular weight is 463 g/mol. The van der Waals surface area contributed by atoms with Crippen LogP contribution >= 0.6 is 11.3 Å². The number of para-hydroxylation sites is 1. The van der Waals surface area contributed by atoms with Crippen molar-refractivity contribution in [1.29, 1.82) is 0 Å². The van der Waals surface area contributed by atoms with Gasteiger partial charge in [-0.1, -0.05) is 39.0 Å². The summed E-state index contributed by atoms with van der Waals surface area (Å²) < 4.78 is 5.20. The number of phenolic OH excluding ortho intramolecular Hbond substituents is 1. The normalized spacial score (nSPS) is 15.9. The quantitative estimate of drug-likeness (QED) is 0.419. The fourth-order valence-corrected chi connectivity index (χ4v) is 5.53. The predicted molar refractivity (Wildman–Crippen MR) is 136 cm³/mol. The third-order valence-electron chi connectivity index (χ3n) is 6.26. The molecule has 0 saturated heterocycles. The Bertz CT molecular complexity index is 1180. The number of thiophene rings is 1. The molecule has 0 saturated carbocycles. The van der Waals surface area contributed by atoms with Crippen LogP contribution < -0.4 is 10.1 Å². The topological polar surface area (TPSA) is 70.9 Å². The molecule has 5 nitrogen and oxygen atoms in total. The lowest BCUT2D eigenvalue weighted by Crippen LogP contribution is -2.27. The van der Waals surface area contributed by atoms with Crippen LogP contribution in [0.2, 0.25) is 0 Å².